The number of aryl methyl sites for hydroxylation is 2. The predicted octanol–water partition coefficient (Wildman–Crippen LogP) is 8.70. The van der Waals surface area contributed by atoms with Crippen molar-refractivity contribution in [2.24, 2.45) is 5.73 Å². The molecule has 0 saturated heterocycles. The average molecular weight is 540 g/mol. The zero-order valence-electron chi connectivity index (χ0n) is 20.4. The van der Waals surface area contributed by atoms with Gasteiger partial charge in [0.15, 0.2) is 0 Å². The van der Waals surface area contributed by atoms with E-state index in [-0.39, 0.29) is 17.0 Å². The molecule has 0 aliphatic carbocycles. The van der Waals surface area contributed by atoms with E-state index in [4.69, 9.17) is 11.1 Å². The Labute approximate surface area is 215 Å². The number of allylic oxidation sites excluding steroid dienone is 2. The smallest absolute Gasteiger partial charge is 0.395 e. The van der Waals surface area contributed by atoms with Crippen LogP contribution in [-0.2, 0) is 12.6 Å². The minimum Gasteiger partial charge on any atom is -0.395 e. The second-order valence-electron chi connectivity index (χ2n) is 8.77. The molecule has 3 aromatic rings. The van der Waals surface area contributed by atoms with Crippen LogP contribution in [0.1, 0.15) is 55.0 Å². The third-order valence-electron chi connectivity index (χ3n) is 5.79. The zero-order valence-corrected chi connectivity index (χ0v) is 21.2. The lowest BCUT2D eigenvalue weighted by atomic mass is 9.97. The summed E-state index contributed by atoms with van der Waals surface area (Å²) < 4.78 is 80.7. The maximum Gasteiger partial charge on any atom is 0.430 e. The maximum absolute atomic E-state index is 13.9. The van der Waals surface area contributed by atoms with Gasteiger partial charge in [-0.2, -0.15) is 26.3 Å². The molecule has 3 nitrogen and oxygen atoms in total. The van der Waals surface area contributed by atoms with Crippen molar-refractivity contribution in [1.82, 2.24) is 4.98 Å². The number of thiophene rings is 1. The lowest BCUT2D eigenvalue weighted by molar-refractivity contribution is -0.137. The van der Waals surface area contributed by atoms with Crippen LogP contribution in [0.4, 0.5) is 26.3 Å². The SMILES string of the molecule is CCCCCCc1ccsc1-c1cc(C(=N)C=C(N)C(F)(F)F)nc(-c2ccc(C)cc2C(F)(F)F)c1. The highest BCUT2D eigenvalue weighted by Gasteiger charge is 2.35. The number of hydrogen-bond donors (Lipinski definition) is 2. The van der Waals surface area contributed by atoms with Gasteiger partial charge in [0.1, 0.15) is 5.70 Å². The van der Waals surface area contributed by atoms with E-state index in [1.165, 1.54) is 42.5 Å². The van der Waals surface area contributed by atoms with E-state index >= 15 is 0 Å². The van der Waals surface area contributed by atoms with Gasteiger partial charge in [0.25, 0.3) is 0 Å². The fourth-order valence-corrected chi connectivity index (χ4v) is 4.84. The first-order valence-electron chi connectivity index (χ1n) is 11.7. The molecular formula is C27H27F6N3S. The molecule has 0 aliphatic rings. The minimum absolute atomic E-state index is 0.0890. The number of nitrogens with one attached hydrogen (secondary N) is 1. The van der Waals surface area contributed by atoms with Gasteiger partial charge in [-0.05, 0) is 66.6 Å². The van der Waals surface area contributed by atoms with E-state index in [0.717, 1.165) is 48.6 Å². The molecule has 0 amide bonds. The summed E-state index contributed by atoms with van der Waals surface area (Å²) >= 11 is 1.38. The van der Waals surface area contributed by atoms with E-state index in [9.17, 15) is 26.3 Å². The second kappa shape index (κ2) is 11.5. The molecule has 0 bridgehead atoms. The van der Waals surface area contributed by atoms with Crippen LogP contribution < -0.4 is 5.73 Å². The number of benzene rings is 1. The van der Waals surface area contributed by atoms with Crippen LogP contribution in [0.3, 0.4) is 0 Å². The van der Waals surface area contributed by atoms with E-state index in [1.54, 1.807) is 0 Å². The molecule has 0 fully saturated rings. The zero-order chi connectivity index (χ0) is 27.4. The number of unbranched alkanes of at least 4 members (excludes halogenated alkanes) is 3. The van der Waals surface area contributed by atoms with Crippen molar-refractivity contribution in [3.8, 4) is 21.7 Å². The quantitative estimate of drug-likeness (QED) is 0.162. The van der Waals surface area contributed by atoms with Crippen LogP contribution in [0, 0.1) is 12.3 Å². The van der Waals surface area contributed by atoms with Crippen LogP contribution in [0.15, 0.2) is 53.6 Å². The summed E-state index contributed by atoms with van der Waals surface area (Å²) in [7, 11) is 0. The normalized spacial score (nSPS) is 12.7. The summed E-state index contributed by atoms with van der Waals surface area (Å²) in [6, 6.07) is 8.66. The number of alkyl halides is 6. The number of halogens is 6. The van der Waals surface area contributed by atoms with E-state index in [1.807, 2.05) is 11.4 Å². The van der Waals surface area contributed by atoms with Crippen LogP contribution in [0.2, 0.25) is 0 Å². The highest BCUT2D eigenvalue weighted by atomic mass is 32.1. The molecule has 37 heavy (non-hydrogen) atoms. The summed E-state index contributed by atoms with van der Waals surface area (Å²) in [4.78, 5) is 4.96. The second-order valence-corrected chi connectivity index (χ2v) is 9.69. The van der Waals surface area contributed by atoms with E-state index in [2.05, 4.69) is 11.9 Å². The number of aromatic nitrogens is 1. The molecule has 3 rings (SSSR count). The molecule has 1 aromatic carbocycles. The fourth-order valence-electron chi connectivity index (χ4n) is 3.89. The molecule has 0 saturated carbocycles. The van der Waals surface area contributed by atoms with Gasteiger partial charge in [0.05, 0.1) is 22.7 Å². The highest BCUT2D eigenvalue weighted by Crippen LogP contribution is 2.39. The molecule has 0 spiro atoms. The molecule has 2 heterocycles. The summed E-state index contributed by atoms with van der Waals surface area (Å²) in [5, 5.41) is 10.1. The number of pyridine rings is 1. The molecule has 0 radical (unpaired) electrons. The molecule has 0 unspecified atom stereocenters. The van der Waals surface area contributed by atoms with Gasteiger partial charge in [-0.15, -0.1) is 11.3 Å². The maximum atomic E-state index is 13.9. The Morgan fingerprint density at radius 1 is 1.03 bits per heavy atom. The van der Waals surface area contributed by atoms with Crippen molar-refractivity contribution in [2.45, 2.75) is 58.3 Å². The largest absolute Gasteiger partial charge is 0.430 e. The third-order valence-corrected chi connectivity index (χ3v) is 6.80. The Hall–Kier alpha value is -3.14. The van der Waals surface area contributed by atoms with Crippen molar-refractivity contribution in [2.75, 3.05) is 0 Å². The summed E-state index contributed by atoms with van der Waals surface area (Å²) in [5.41, 5.74) is 3.38. The topological polar surface area (TPSA) is 62.8 Å². The lowest BCUT2D eigenvalue weighted by Crippen LogP contribution is -2.21. The molecule has 10 heteroatoms. The van der Waals surface area contributed by atoms with Gasteiger partial charge in [0, 0.05) is 10.4 Å². The van der Waals surface area contributed by atoms with Crippen LogP contribution in [0.25, 0.3) is 21.7 Å². The molecular weight excluding hydrogens is 512 g/mol. The van der Waals surface area contributed by atoms with Crippen LogP contribution in [0.5, 0.6) is 0 Å². The Bertz CT molecular complexity index is 1290. The number of rotatable bonds is 9. The Kier molecular flexibility index (Phi) is 8.84. The summed E-state index contributed by atoms with van der Waals surface area (Å²) in [6.07, 6.45) is -4.24. The van der Waals surface area contributed by atoms with Crippen molar-refractivity contribution < 1.29 is 26.3 Å². The number of nitrogens with two attached hydrogens (primary N) is 1. The van der Waals surface area contributed by atoms with Crippen molar-refractivity contribution in [1.29, 1.82) is 5.41 Å². The van der Waals surface area contributed by atoms with Crippen molar-refractivity contribution in [3.05, 3.63) is 75.9 Å². The van der Waals surface area contributed by atoms with Gasteiger partial charge >= 0.3 is 12.4 Å². The summed E-state index contributed by atoms with van der Waals surface area (Å²) in [5.74, 6) is 0. The van der Waals surface area contributed by atoms with Gasteiger partial charge in [-0.3, -0.25) is 5.41 Å². The van der Waals surface area contributed by atoms with Crippen molar-refractivity contribution in [3.63, 3.8) is 0 Å². The first-order chi connectivity index (χ1) is 17.3. The van der Waals surface area contributed by atoms with Crippen LogP contribution in [-0.4, -0.2) is 16.9 Å². The fraction of sp³-hybridized carbons (Fsp3) is 0.333. The first-order valence-corrected chi connectivity index (χ1v) is 12.6. The lowest BCUT2D eigenvalue weighted by Gasteiger charge is -2.16. The highest BCUT2D eigenvalue weighted by molar-refractivity contribution is 7.13. The Balaban J connectivity index is 2.18. The standard InChI is InChI=1S/C27H27F6N3S/c1-3-4-5-6-7-17-10-11-37-25(17)18-13-22(19-9-8-16(2)12-20(19)26(28,29)30)36-23(14-18)21(34)15-24(35)27(31,32)33/h8-15,34H,3-7,35H2,1-2H3. The summed E-state index contributed by atoms with van der Waals surface area (Å²) in [6.45, 7) is 3.64. The molecule has 2 aromatic heterocycles. The monoisotopic (exact) mass is 539 g/mol. The predicted molar refractivity (Wildman–Crippen MR) is 136 cm³/mol. The van der Waals surface area contributed by atoms with E-state index in [0.29, 0.717) is 17.2 Å². The number of nitrogens with zero attached hydrogens (tertiary/aromatic N) is 1. The molecule has 0 atom stereocenters. The Morgan fingerprint density at radius 2 is 1.76 bits per heavy atom. The third kappa shape index (κ3) is 7.21. The Morgan fingerprint density at radius 3 is 2.41 bits per heavy atom. The van der Waals surface area contributed by atoms with Crippen LogP contribution >= 0.6 is 11.3 Å². The molecule has 0 aliphatic heterocycles. The average Bonchev–Trinajstić information content (AvgIpc) is 3.29. The molecule has 198 valence electrons. The van der Waals surface area contributed by atoms with Gasteiger partial charge in [0.2, 0.25) is 0 Å². The number of hydrogen-bond acceptors (Lipinski definition) is 4. The first kappa shape index (κ1) is 28.4. The van der Waals surface area contributed by atoms with Gasteiger partial charge in [-0.25, -0.2) is 4.98 Å². The molecule has 3 N–H and O–H groups in total. The van der Waals surface area contributed by atoms with Crippen molar-refractivity contribution >= 4 is 17.0 Å². The van der Waals surface area contributed by atoms with Gasteiger partial charge < -0.3 is 5.73 Å². The van der Waals surface area contributed by atoms with E-state index < -0.39 is 29.3 Å². The minimum atomic E-state index is -4.85. The van der Waals surface area contributed by atoms with Gasteiger partial charge in [-0.1, -0.05) is 43.9 Å².